The third-order valence-corrected chi connectivity index (χ3v) is 0.470. The standard InChI is InChI=1S/C4H8O3.CH5N3/c1-3(5)2-4(6)7;2-1(3)4/h3,5H,2H2,1H3,(H,6,7);(H5,2,3,4). The number of hydrogen-bond acceptors (Lipinski definition) is 3. The molecule has 6 nitrogen and oxygen atoms in total. The molecule has 0 bridgehead atoms. The number of guanidine groups is 1. The molecule has 0 spiro atoms. The highest BCUT2D eigenvalue weighted by molar-refractivity contribution is 5.71. The maximum Gasteiger partial charge on any atom is 0.305 e. The Morgan fingerprint density at radius 1 is 1.64 bits per heavy atom. The molecule has 7 N–H and O–H groups in total. The molecule has 0 amide bonds. The molecular formula is C5H13N3O3. The Labute approximate surface area is 64.3 Å². The minimum atomic E-state index is -0.963. The summed E-state index contributed by atoms with van der Waals surface area (Å²) >= 11 is 0. The molecule has 0 radical (unpaired) electrons. The van der Waals surface area contributed by atoms with Crippen LogP contribution in [0.4, 0.5) is 0 Å². The van der Waals surface area contributed by atoms with E-state index in [1.807, 2.05) is 0 Å². The summed E-state index contributed by atoms with van der Waals surface area (Å²) in [6.07, 6.45) is -0.891. The van der Waals surface area contributed by atoms with E-state index in [0.717, 1.165) is 0 Å². The lowest BCUT2D eigenvalue weighted by Gasteiger charge is -1.94. The summed E-state index contributed by atoms with van der Waals surface area (Å²) in [5, 5.41) is 22.3. The highest BCUT2D eigenvalue weighted by Gasteiger charge is 2.00. The van der Waals surface area contributed by atoms with Gasteiger partial charge >= 0.3 is 5.97 Å². The summed E-state index contributed by atoms with van der Waals surface area (Å²) in [6, 6.07) is 0. The second kappa shape index (κ2) is 6.81. The lowest BCUT2D eigenvalue weighted by atomic mass is 10.3. The van der Waals surface area contributed by atoms with Crippen LogP contribution in [-0.2, 0) is 4.79 Å². The summed E-state index contributed by atoms with van der Waals surface area (Å²) in [6.45, 7) is 1.44. The van der Waals surface area contributed by atoms with E-state index in [1.54, 1.807) is 0 Å². The zero-order chi connectivity index (χ0) is 9.44. The lowest BCUT2D eigenvalue weighted by molar-refractivity contribution is -0.138. The summed E-state index contributed by atoms with van der Waals surface area (Å²) < 4.78 is 0. The van der Waals surface area contributed by atoms with E-state index in [1.165, 1.54) is 6.92 Å². The highest BCUT2D eigenvalue weighted by atomic mass is 16.4. The molecule has 0 aromatic carbocycles. The molecule has 0 aliphatic rings. The van der Waals surface area contributed by atoms with Gasteiger partial charge in [-0.2, -0.15) is 0 Å². The molecule has 1 unspecified atom stereocenters. The minimum absolute atomic E-state index is 0.167. The van der Waals surface area contributed by atoms with Crippen molar-refractivity contribution >= 4 is 11.9 Å². The first kappa shape index (κ1) is 12.4. The van der Waals surface area contributed by atoms with Crippen LogP contribution in [0.2, 0.25) is 0 Å². The van der Waals surface area contributed by atoms with Crippen molar-refractivity contribution in [2.45, 2.75) is 19.4 Å². The Morgan fingerprint density at radius 3 is 1.91 bits per heavy atom. The number of rotatable bonds is 2. The molecule has 6 heteroatoms. The lowest BCUT2D eigenvalue weighted by Crippen LogP contribution is -2.20. The first-order valence-corrected chi connectivity index (χ1v) is 2.85. The molecule has 0 fully saturated rings. The normalized spacial score (nSPS) is 10.7. The number of nitrogens with two attached hydrogens (primary N) is 2. The monoisotopic (exact) mass is 163 g/mol. The van der Waals surface area contributed by atoms with Crippen LogP contribution < -0.4 is 11.5 Å². The minimum Gasteiger partial charge on any atom is -0.481 e. The van der Waals surface area contributed by atoms with Crippen LogP contribution in [0.1, 0.15) is 13.3 Å². The average molecular weight is 163 g/mol. The fourth-order valence-electron chi connectivity index (χ4n) is 0.253. The van der Waals surface area contributed by atoms with Crippen LogP contribution in [0.25, 0.3) is 0 Å². The van der Waals surface area contributed by atoms with Gasteiger partial charge in [0.1, 0.15) is 0 Å². The second-order valence-electron chi connectivity index (χ2n) is 1.90. The van der Waals surface area contributed by atoms with Crippen LogP contribution in [-0.4, -0.2) is 28.2 Å². The van der Waals surface area contributed by atoms with E-state index in [4.69, 9.17) is 15.6 Å². The number of carboxylic acids is 1. The van der Waals surface area contributed by atoms with Gasteiger partial charge < -0.3 is 21.7 Å². The van der Waals surface area contributed by atoms with Crippen molar-refractivity contribution in [1.29, 1.82) is 5.41 Å². The molecule has 0 rings (SSSR count). The molecule has 0 aliphatic carbocycles. The molecular weight excluding hydrogens is 150 g/mol. The second-order valence-corrected chi connectivity index (χ2v) is 1.90. The predicted octanol–water partition coefficient (Wildman–Crippen LogP) is -1.32. The zero-order valence-corrected chi connectivity index (χ0v) is 6.24. The molecule has 0 heterocycles. The van der Waals surface area contributed by atoms with Crippen LogP contribution in [0.15, 0.2) is 0 Å². The summed E-state index contributed by atoms with van der Waals surface area (Å²) in [7, 11) is 0. The van der Waals surface area contributed by atoms with Crippen molar-refractivity contribution in [3.63, 3.8) is 0 Å². The number of aliphatic hydroxyl groups is 1. The number of carbonyl (C=O) groups is 1. The van der Waals surface area contributed by atoms with Crippen LogP contribution in [0.5, 0.6) is 0 Å². The van der Waals surface area contributed by atoms with Crippen molar-refractivity contribution in [2.75, 3.05) is 0 Å². The maximum atomic E-state index is 9.65. The van der Waals surface area contributed by atoms with Gasteiger partial charge in [-0.3, -0.25) is 10.2 Å². The predicted molar refractivity (Wildman–Crippen MR) is 40.0 cm³/mol. The van der Waals surface area contributed by atoms with E-state index < -0.39 is 12.1 Å². The van der Waals surface area contributed by atoms with Crippen molar-refractivity contribution in [2.24, 2.45) is 11.5 Å². The third-order valence-electron chi connectivity index (χ3n) is 0.470. The largest absolute Gasteiger partial charge is 0.481 e. The maximum absolute atomic E-state index is 9.65. The first-order valence-electron chi connectivity index (χ1n) is 2.85. The first-order chi connectivity index (χ1) is 4.86. The van der Waals surface area contributed by atoms with E-state index in [2.05, 4.69) is 11.5 Å². The number of nitrogens with one attached hydrogen (secondary N) is 1. The molecule has 0 aliphatic heterocycles. The smallest absolute Gasteiger partial charge is 0.305 e. The Bertz CT molecular complexity index is 131. The van der Waals surface area contributed by atoms with Crippen molar-refractivity contribution in [3.05, 3.63) is 0 Å². The van der Waals surface area contributed by atoms with Gasteiger partial charge in [0.05, 0.1) is 12.5 Å². The van der Waals surface area contributed by atoms with Gasteiger partial charge in [0.2, 0.25) is 0 Å². The van der Waals surface area contributed by atoms with Gasteiger partial charge in [0, 0.05) is 0 Å². The Kier molecular flexibility index (Phi) is 7.67. The third kappa shape index (κ3) is 53.6. The highest BCUT2D eigenvalue weighted by Crippen LogP contribution is 1.85. The topological polar surface area (TPSA) is 133 Å². The Hall–Kier alpha value is -1.30. The van der Waals surface area contributed by atoms with Crippen molar-refractivity contribution in [1.82, 2.24) is 0 Å². The van der Waals surface area contributed by atoms with E-state index in [-0.39, 0.29) is 12.4 Å². The van der Waals surface area contributed by atoms with Gasteiger partial charge in [0.25, 0.3) is 0 Å². The van der Waals surface area contributed by atoms with Crippen LogP contribution in [0, 0.1) is 5.41 Å². The molecule has 11 heavy (non-hydrogen) atoms. The van der Waals surface area contributed by atoms with Gasteiger partial charge in [-0.25, -0.2) is 0 Å². The number of hydrogen-bond donors (Lipinski definition) is 5. The van der Waals surface area contributed by atoms with Gasteiger partial charge in [-0.15, -0.1) is 0 Å². The molecule has 66 valence electrons. The number of aliphatic carboxylic acids is 1. The fourth-order valence-corrected chi connectivity index (χ4v) is 0.253. The van der Waals surface area contributed by atoms with Gasteiger partial charge in [0.15, 0.2) is 5.96 Å². The SMILES string of the molecule is CC(O)CC(=O)O.N=C(N)N. The Balaban J connectivity index is 0. The van der Waals surface area contributed by atoms with Crippen LogP contribution in [0.3, 0.4) is 0 Å². The molecule has 0 aromatic rings. The summed E-state index contributed by atoms with van der Waals surface area (Å²) in [4.78, 5) is 9.65. The number of aliphatic hydroxyl groups excluding tert-OH is 1. The average Bonchev–Trinajstić information content (AvgIpc) is 1.56. The number of carboxylic acid groups (broad SMARTS) is 1. The van der Waals surface area contributed by atoms with Crippen molar-refractivity contribution < 1.29 is 15.0 Å². The van der Waals surface area contributed by atoms with E-state index in [9.17, 15) is 4.79 Å². The van der Waals surface area contributed by atoms with Crippen LogP contribution >= 0.6 is 0 Å². The molecule has 0 saturated carbocycles. The zero-order valence-electron chi connectivity index (χ0n) is 6.24. The van der Waals surface area contributed by atoms with E-state index >= 15 is 0 Å². The molecule has 1 atom stereocenters. The summed E-state index contributed by atoms with van der Waals surface area (Å²) in [5.41, 5.74) is 8.94. The van der Waals surface area contributed by atoms with E-state index in [0.29, 0.717) is 0 Å². The molecule has 0 aromatic heterocycles. The van der Waals surface area contributed by atoms with Gasteiger partial charge in [-0.1, -0.05) is 0 Å². The molecule has 0 saturated heterocycles. The Morgan fingerprint density at radius 2 is 1.91 bits per heavy atom. The quantitative estimate of drug-likeness (QED) is 0.254. The fraction of sp³-hybridized carbons (Fsp3) is 0.600. The van der Waals surface area contributed by atoms with Crippen molar-refractivity contribution in [3.8, 4) is 0 Å². The van der Waals surface area contributed by atoms with Gasteiger partial charge in [-0.05, 0) is 6.92 Å². The summed E-state index contributed by atoms with van der Waals surface area (Å²) in [5.74, 6) is -1.30.